The minimum atomic E-state index is -0.234. The Kier molecular flexibility index (Phi) is 5.63. The van der Waals surface area contributed by atoms with Crippen molar-refractivity contribution < 1.29 is 4.79 Å². The van der Waals surface area contributed by atoms with Gasteiger partial charge in [-0.25, -0.2) is 4.98 Å². The van der Waals surface area contributed by atoms with Crippen molar-refractivity contribution in [3.63, 3.8) is 0 Å². The largest absolute Gasteiger partial charge is 0.323 e. The van der Waals surface area contributed by atoms with E-state index in [4.69, 9.17) is 23.2 Å². The maximum Gasteiger partial charge on any atom is 0.234 e. The summed E-state index contributed by atoms with van der Waals surface area (Å²) < 4.78 is 0. The van der Waals surface area contributed by atoms with Gasteiger partial charge in [0.25, 0.3) is 0 Å². The van der Waals surface area contributed by atoms with Gasteiger partial charge in [-0.2, -0.15) is 0 Å². The van der Waals surface area contributed by atoms with Gasteiger partial charge in [-0.3, -0.25) is 9.89 Å². The number of aromatic amines is 1. The Balaban J connectivity index is 1.63. The van der Waals surface area contributed by atoms with Crippen LogP contribution in [0.1, 0.15) is 5.56 Å². The van der Waals surface area contributed by atoms with E-state index in [0.717, 1.165) is 11.1 Å². The van der Waals surface area contributed by atoms with E-state index < -0.39 is 0 Å². The topological polar surface area (TPSA) is 70.7 Å². The van der Waals surface area contributed by atoms with E-state index in [2.05, 4.69) is 20.5 Å². The molecule has 2 N–H and O–H groups in total. The Morgan fingerprint density at radius 2 is 1.88 bits per heavy atom. The lowest BCUT2D eigenvalue weighted by molar-refractivity contribution is -0.113. The third kappa shape index (κ3) is 4.34. The molecule has 1 amide bonds. The van der Waals surface area contributed by atoms with Gasteiger partial charge in [0.2, 0.25) is 11.1 Å². The number of thioether (sulfide) groups is 1. The number of halogens is 2. The molecule has 8 heteroatoms. The number of aromatic nitrogens is 3. The van der Waals surface area contributed by atoms with Crippen molar-refractivity contribution in [3.8, 4) is 11.4 Å². The van der Waals surface area contributed by atoms with Crippen molar-refractivity contribution in [2.45, 2.75) is 12.1 Å². The van der Waals surface area contributed by atoms with E-state index in [1.54, 1.807) is 18.2 Å². The molecule has 0 atom stereocenters. The molecule has 0 radical (unpaired) electrons. The first-order valence-electron chi connectivity index (χ1n) is 7.39. The highest BCUT2D eigenvalue weighted by atomic mass is 35.5. The Labute approximate surface area is 159 Å². The van der Waals surface area contributed by atoms with Crippen LogP contribution in [0.25, 0.3) is 11.4 Å². The number of hydrogen-bond acceptors (Lipinski definition) is 4. The summed E-state index contributed by atoms with van der Waals surface area (Å²) in [6, 6.07) is 12.9. The molecule has 0 aliphatic carbocycles. The van der Waals surface area contributed by atoms with Gasteiger partial charge in [0.15, 0.2) is 5.82 Å². The average Bonchev–Trinajstić information content (AvgIpc) is 3.06. The van der Waals surface area contributed by atoms with Crippen LogP contribution in [0.4, 0.5) is 5.69 Å². The summed E-state index contributed by atoms with van der Waals surface area (Å²) >= 11 is 13.3. The summed E-state index contributed by atoms with van der Waals surface area (Å²) in [7, 11) is 0. The predicted octanol–water partition coefficient (Wildman–Crippen LogP) is 4.82. The summed E-state index contributed by atoms with van der Waals surface area (Å²) in [5.41, 5.74) is 2.49. The number of aryl methyl sites for hydroxylation is 1. The van der Waals surface area contributed by atoms with E-state index in [0.29, 0.717) is 26.7 Å². The van der Waals surface area contributed by atoms with Gasteiger partial charge in [-0.15, -0.1) is 5.10 Å². The van der Waals surface area contributed by atoms with Gasteiger partial charge >= 0.3 is 0 Å². The highest BCUT2D eigenvalue weighted by Gasteiger charge is 2.12. The molecular weight excluding hydrogens is 379 g/mol. The first-order chi connectivity index (χ1) is 12.0. The van der Waals surface area contributed by atoms with Crippen LogP contribution in [-0.2, 0) is 4.79 Å². The third-order valence-corrected chi connectivity index (χ3v) is 4.90. The molecular formula is C17H14Cl2N4OS. The first kappa shape index (κ1) is 17.8. The van der Waals surface area contributed by atoms with Gasteiger partial charge in [0.05, 0.1) is 21.5 Å². The fraction of sp³-hybridized carbons (Fsp3) is 0.118. The SMILES string of the molecule is Cc1ccccc1-c1nc(SCC(=O)Nc2c(Cl)cccc2Cl)n[nH]1. The molecule has 0 unspecified atom stereocenters. The number of benzene rings is 2. The summed E-state index contributed by atoms with van der Waals surface area (Å²) in [5, 5.41) is 11.0. The molecule has 0 saturated carbocycles. The van der Waals surface area contributed by atoms with Crippen LogP contribution in [-0.4, -0.2) is 26.8 Å². The number of nitrogens with zero attached hydrogens (tertiary/aromatic N) is 2. The van der Waals surface area contributed by atoms with Gasteiger partial charge in [-0.1, -0.05) is 65.3 Å². The van der Waals surface area contributed by atoms with Gasteiger partial charge in [-0.05, 0) is 24.6 Å². The summed E-state index contributed by atoms with van der Waals surface area (Å²) in [5.74, 6) is 0.587. The number of para-hydroxylation sites is 1. The number of rotatable bonds is 5. The fourth-order valence-electron chi connectivity index (χ4n) is 2.19. The number of carbonyl (C=O) groups is 1. The smallest absolute Gasteiger partial charge is 0.234 e. The Bertz CT molecular complexity index is 893. The molecule has 0 fully saturated rings. The monoisotopic (exact) mass is 392 g/mol. The van der Waals surface area contributed by atoms with Crippen molar-refractivity contribution in [1.29, 1.82) is 0 Å². The van der Waals surface area contributed by atoms with Crippen molar-refractivity contribution in [2.75, 3.05) is 11.1 Å². The van der Waals surface area contributed by atoms with E-state index in [1.165, 1.54) is 11.8 Å². The molecule has 3 aromatic rings. The molecule has 25 heavy (non-hydrogen) atoms. The predicted molar refractivity (Wildman–Crippen MR) is 102 cm³/mol. The van der Waals surface area contributed by atoms with E-state index in [-0.39, 0.29) is 11.7 Å². The number of anilines is 1. The molecule has 3 rings (SSSR count). The fourth-order valence-corrected chi connectivity index (χ4v) is 3.28. The number of carbonyl (C=O) groups excluding carboxylic acids is 1. The van der Waals surface area contributed by atoms with Crippen LogP contribution in [0.15, 0.2) is 47.6 Å². The van der Waals surface area contributed by atoms with Crippen LogP contribution >= 0.6 is 35.0 Å². The number of amides is 1. The maximum atomic E-state index is 12.1. The molecule has 1 heterocycles. The third-order valence-electron chi connectivity index (χ3n) is 3.42. The summed E-state index contributed by atoms with van der Waals surface area (Å²) in [6.07, 6.45) is 0. The van der Waals surface area contributed by atoms with Crippen LogP contribution in [0.2, 0.25) is 10.0 Å². The summed E-state index contributed by atoms with van der Waals surface area (Å²) in [4.78, 5) is 16.5. The van der Waals surface area contributed by atoms with Crippen LogP contribution in [0.3, 0.4) is 0 Å². The Hall–Kier alpha value is -2.02. The standard InChI is InChI=1S/C17H14Cl2N4OS/c1-10-5-2-3-6-11(10)16-21-17(23-22-16)25-9-14(24)20-15-12(18)7-4-8-13(15)19/h2-8H,9H2,1H3,(H,20,24)(H,21,22,23). The lowest BCUT2D eigenvalue weighted by atomic mass is 10.1. The second kappa shape index (κ2) is 7.91. The molecule has 128 valence electrons. The number of nitrogens with one attached hydrogen (secondary N) is 2. The van der Waals surface area contributed by atoms with Gasteiger partial charge in [0, 0.05) is 5.56 Å². The lowest BCUT2D eigenvalue weighted by Gasteiger charge is -2.08. The number of hydrogen-bond donors (Lipinski definition) is 2. The molecule has 0 bridgehead atoms. The van der Waals surface area contributed by atoms with Crippen molar-refractivity contribution >= 4 is 46.6 Å². The van der Waals surface area contributed by atoms with Crippen molar-refractivity contribution in [1.82, 2.24) is 15.2 Å². The molecule has 0 saturated heterocycles. The average molecular weight is 393 g/mol. The summed E-state index contributed by atoms with van der Waals surface area (Å²) in [6.45, 7) is 2.01. The zero-order chi connectivity index (χ0) is 17.8. The second-order valence-electron chi connectivity index (χ2n) is 5.22. The number of H-pyrrole nitrogens is 1. The maximum absolute atomic E-state index is 12.1. The van der Waals surface area contributed by atoms with E-state index in [9.17, 15) is 4.79 Å². The normalized spacial score (nSPS) is 10.7. The van der Waals surface area contributed by atoms with Crippen LogP contribution in [0.5, 0.6) is 0 Å². The van der Waals surface area contributed by atoms with Crippen molar-refractivity contribution in [2.24, 2.45) is 0 Å². The minimum Gasteiger partial charge on any atom is -0.323 e. The van der Waals surface area contributed by atoms with Crippen LogP contribution < -0.4 is 5.32 Å². The molecule has 0 aliphatic rings. The lowest BCUT2D eigenvalue weighted by Crippen LogP contribution is -2.14. The second-order valence-corrected chi connectivity index (χ2v) is 6.97. The zero-order valence-electron chi connectivity index (χ0n) is 13.2. The van der Waals surface area contributed by atoms with Crippen LogP contribution in [0, 0.1) is 6.92 Å². The zero-order valence-corrected chi connectivity index (χ0v) is 15.5. The van der Waals surface area contributed by atoms with E-state index >= 15 is 0 Å². The quantitative estimate of drug-likeness (QED) is 0.610. The Morgan fingerprint density at radius 3 is 2.60 bits per heavy atom. The first-order valence-corrected chi connectivity index (χ1v) is 9.14. The molecule has 1 aromatic heterocycles. The molecule has 5 nitrogen and oxygen atoms in total. The highest BCUT2D eigenvalue weighted by Crippen LogP contribution is 2.30. The molecule has 2 aromatic carbocycles. The highest BCUT2D eigenvalue weighted by molar-refractivity contribution is 7.99. The molecule has 0 spiro atoms. The van der Waals surface area contributed by atoms with Gasteiger partial charge in [0.1, 0.15) is 0 Å². The molecule has 0 aliphatic heterocycles. The van der Waals surface area contributed by atoms with E-state index in [1.807, 2.05) is 31.2 Å². The van der Waals surface area contributed by atoms with Crippen molar-refractivity contribution in [3.05, 3.63) is 58.1 Å². The Morgan fingerprint density at radius 1 is 1.16 bits per heavy atom. The minimum absolute atomic E-state index is 0.145. The van der Waals surface area contributed by atoms with Gasteiger partial charge < -0.3 is 5.32 Å².